The Morgan fingerprint density at radius 3 is 3.00 bits per heavy atom. The Hall–Kier alpha value is -1.89. The number of aromatic amines is 1. The van der Waals surface area contributed by atoms with Crippen LogP contribution in [-0.2, 0) is 4.79 Å². The van der Waals surface area contributed by atoms with Gasteiger partial charge in [-0.3, -0.25) is 19.5 Å². The van der Waals surface area contributed by atoms with E-state index in [0.29, 0.717) is 0 Å². The van der Waals surface area contributed by atoms with E-state index in [1.54, 1.807) is 0 Å². The van der Waals surface area contributed by atoms with Crippen LogP contribution in [0, 0.1) is 0 Å². The van der Waals surface area contributed by atoms with Gasteiger partial charge in [-0.1, -0.05) is 0 Å². The van der Waals surface area contributed by atoms with Gasteiger partial charge in [-0.05, 0) is 0 Å². The monoisotopic (exact) mass is 251 g/mol. The molecule has 0 radical (unpaired) electrons. The predicted octanol–water partition coefficient (Wildman–Crippen LogP) is 0.152. The first-order valence-electron chi connectivity index (χ1n) is 4.81. The first kappa shape index (κ1) is 11.6. The summed E-state index contributed by atoms with van der Waals surface area (Å²) in [6.07, 6.45) is 2.56. The van der Waals surface area contributed by atoms with Crippen LogP contribution in [0.25, 0.3) is 0 Å². The highest BCUT2D eigenvalue weighted by Gasteiger charge is 2.27. The molecule has 0 bridgehead atoms. The summed E-state index contributed by atoms with van der Waals surface area (Å²) in [5.74, 6) is -0.665. The highest BCUT2D eigenvalue weighted by molar-refractivity contribution is 8.04. The van der Waals surface area contributed by atoms with Crippen LogP contribution < -0.4 is 5.32 Å². The Bertz CT molecular complexity index is 533. The number of nitrogens with one attached hydrogen (secondary N) is 2. The topological polar surface area (TPSA) is 91.9 Å². The van der Waals surface area contributed by atoms with Gasteiger partial charge >= 0.3 is 0 Å². The van der Waals surface area contributed by atoms with Crippen molar-refractivity contribution in [3.8, 4) is 0 Å². The Labute approximate surface area is 101 Å². The molecule has 1 heterocycles. The fraction of sp³-hybridized carbons (Fsp3) is 0.200. The van der Waals surface area contributed by atoms with E-state index in [-0.39, 0.29) is 39.4 Å². The molecule has 1 aliphatic carbocycles. The molecule has 0 unspecified atom stereocenters. The molecule has 17 heavy (non-hydrogen) atoms. The lowest BCUT2D eigenvalue weighted by atomic mass is 10.0. The third kappa shape index (κ3) is 2.14. The number of allylic oxidation sites excluding steroid dienone is 2. The molecule has 0 aromatic carbocycles. The second-order valence-corrected chi connectivity index (χ2v) is 4.34. The van der Waals surface area contributed by atoms with Gasteiger partial charge in [0.15, 0.2) is 0 Å². The zero-order valence-corrected chi connectivity index (χ0v) is 9.76. The van der Waals surface area contributed by atoms with Crippen molar-refractivity contribution < 1.29 is 14.4 Å². The molecule has 0 fully saturated rings. The first-order chi connectivity index (χ1) is 8.13. The molecule has 0 atom stereocenters. The fourth-order valence-corrected chi connectivity index (χ4v) is 2.22. The molecule has 0 saturated carbocycles. The number of Topliss-reactive ketones (excluding diaryl/α,β-unsaturated/α-hetero) is 1. The molecular formula is C10H9N3O3S. The largest absolute Gasteiger partial charge is 0.358 e. The molecule has 1 aliphatic rings. The molecule has 2 N–H and O–H groups in total. The van der Waals surface area contributed by atoms with Crippen LogP contribution in [-0.4, -0.2) is 40.5 Å². The zero-order valence-electron chi connectivity index (χ0n) is 8.94. The van der Waals surface area contributed by atoms with E-state index in [1.807, 2.05) is 0 Å². The molecule has 0 saturated heterocycles. The molecule has 1 amide bonds. The van der Waals surface area contributed by atoms with Gasteiger partial charge in [0, 0.05) is 13.1 Å². The number of aromatic nitrogens is 2. The number of thioether (sulfide) groups is 1. The number of rotatable bonds is 3. The molecular weight excluding hydrogens is 242 g/mol. The summed E-state index contributed by atoms with van der Waals surface area (Å²) in [7, 11) is 1.51. The molecule has 7 heteroatoms. The minimum Gasteiger partial charge on any atom is -0.358 e. The SMILES string of the molecule is CNC(=O)CSC1=CC(=O)c2[nH]ncc2C1=O. The zero-order chi connectivity index (χ0) is 12.4. The van der Waals surface area contributed by atoms with Crippen LogP contribution in [0.2, 0.25) is 0 Å². The van der Waals surface area contributed by atoms with Crippen molar-refractivity contribution in [2.75, 3.05) is 12.8 Å². The van der Waals surface area contributed by atoms with E-state index in [9.17, 15) is 14.4 Å². The van der Waals surface area contributed by atoms with Gasteiger partial charge in [0.1, 0.15) is 5.69 Å². The lowest BCUT2D eigenvalue weighted by Crippen LogP contribution is -2.21. The maximum atomic E-state index is 11.9. The summed E-state index contributed by atoms with van der Waals surface area (Å²) in [4.78, 5) is 34.8. The highest BCUT2D eigenvalue weighted by Crippen LogP contribution is 2.26. The number of amides is 1. The minimum absolute atomic E-state index is 0.106. The third-order valence-electron chi connectivity index (χ3n) is 2.25. The maximum absolute atomic E-state index is 11.9. The van der Waals surface area contributed by atoms with Crippen molar-refractivity contribution in [3.05, 3.63) is 28.4 Å². The van der Waals surface area contributed by atoms with Crippen LogP contribution in [0.4, 0.5) is 0 Å². The van der Waals surface area contributed by atoms with Crippen molar-refractivity contribution in [1.29, 1.82) is 0 Å². The van der Waals surface area contributed by atoms with Gasteiger partial charge in [-0.15, -0.1) is 11.8 Å². The Morgan fingerprint density at radius 1 is 1.53 bits per heavy atom. The Morgan fingerprint density at radius 2 is 2.29 bits per heavy atom. The van der Waals surface area contributed by atoms with E-state index in [2.05, 4.69) is 15.5 Å². The normalized spacial score (nSPS) is 14.3. The van der Waals surface area contributed by atoms with E-state index in [0.717, 1.165) is 11.8 Å². The van der Waals surface area contributed by atoms with Crippen molar-refractivity contribution >= 4 is 29.2 Å². The van der Waals surface area contributed by atoms with Gasteiger partial charge in [0.2, 0.25) is 17.5 Å². The van der Waals surface area contributed by atoms with E-state index in [4.69, 9.17) is 0 Å². The summed E-state index contributed by atoms with van der Waals surface area (Å²) in [6.45, 7) is 0. The number of nitrogens with zero attached hydrogens (tertiary/aromatic N) is 1. The number of H-pyrrole nitrogens is 1. The fourth-order valence-electron chi connectivity index (χ4n) is 1.36. The number of hydrogen-bond donors (Lipinski definition) is 2. The second kappa shape index (κ2) is 4.54. The third-order valence-corrected chi connectivity index (χ3v) is 3.27. The average molecular weight is 251 g/mol. The summed E-state index contributed by atoms with van der Waals surface area (Å²) in [6, 6.07) is 0. The quantitative estimate of drug-likeness (QED) is 0.798. The smallest absolute Gasteiger partial charge is 0.230 e. The summed E-state index contributed by atoms with van der Waals surface area (Å²) in [5, 5.41) is 8.59. The van der Waals surface area contributed by atoms with Crippen LogP contribution in [0.1, 0.15) is 20.8 Å². The number of carbonyl (C=O) groups is 3. The highest BCUT2D eigenvalue weighted by atomic mass is 32.2. The Kier molecular flexibility index (Phi) is 3.10. The standard InChI is InChI=1S/C10H9N3O3S/c1-11-8(15)4-17-7-2-6(14)9-5(10(7)16)3-12-13-9/h2-3H,4H2,1H3,(H,11,15)(H,12,13). The average Bonchev–Trinajstić information content (AvgIpc) is 2.81. The van der Waals surface area contributed by atoms with E-state index >= 15 is 0 Å². The molecule has 2 rings (SSSR count). The first-order valence-corrected chi connectivity index (χ1v) is 5.79. The van der Waals surface area contributed by atoms with Crippen LogP contribution in [0.3, 0.4) is 0 Å². The van der Waals surface area contributed by atoms with Crippen molar-refractivity contribution in [2.24, 2.45) is 0 Å². The molecule has 88 valence electrons. The van der Waals surface area contributed by atoms with Crippen LogP contribution >= 0.6 is 11.8 Å². The predicted molar refractivity (Wildman–Crippen MR) is 61.9 cm³/mol. The van der Waals surface area contributed by atoms with Crippen LogP contribution in [0.5, 0.6) is 0 Å². The summed E-state index contributed by atoms with van der Waals surface area (Å²) >= 11 is 1.05. The van der Waals surface area contributed by atoms with Gasteiger partial charge in [-0.25, -0.2) is 0 Å². The minimum atomic E-state index is -0.295. The van der Waals surface area contributed by atoms with E-state index in [1.165, 1.54) is 19.3 Å². The number of hydrogen-bond acceptors (Lipinski definition) is 5. The van der Waals surface area contributed by atoms with Crippen molar-refractivity contribution in [2.45, 2.75) is 0 Å². The number of fused-ring (bicyclic) bond motifs is 1. The summed E-state index contributed by atoms with van der Waals surface area (Å²) < 4.78 is 0. The number of carbonyl (C=O) groups excluding carboxylic acids is 3. The molecule has 0 aliphatic heterocycles. The van der Waals surface area contributed by atoms with Gasteiger partial charge in [0.25, 0.3) is 0 Å². The molecule has 0 spiro atoms. The lowest BCUT2D eigenvalue weighted by Gasteiger charge is -2.09. The molecule has 1 aromatic heterocycles. The number of ketones is 2. The Balaban J connectivity index is 2.18. The second-order valence-electron chi connectivity index (χ2n) is 3.32. The lowest BCUT2D eigenvalue weighted by molar-refractivity contribution is -0.118. The van der Waals surface area contributed by atoms with Gasteiger partial charge < -0.3 is 5.32 Å². The van der Waals surface area contributed by atoms with E-state index < -0.39 is 0 Å². The van der Waals surface area contributed by atoms with Crippen LogP contribution in [0.15, 0.2) is 17.2 Å². The summed E-state index contributed by atoms with van der Waals surface area (Å²) in [5.41, 5.74) is 0.469. The van der Waals surface area contributed by atoms with Gasteiger partial charge in [-0.2, -0.15) is 5.10 Å². The molecule has 6 nitrogen and oxygen atoms in total. The van der Waals surface area contributed by atoms with Crippen molar-refractivity contribution in [3.63, 3.8) is 0 Å². The maximum Gasteiger partial charge on any atom is 0.230 e. The van der Waals surface area contributed by atoms with Crippen molar-refractivity contribution in [1.82, 2.24) is 15.5 Å². The van der Waals surface area contributed by atoms with Gasteiger partial charge in [0.05, 0.1) is 22.4 Å². The molecule has 1 aromatic rings.